The van der Waals surface area contributed by atoms with E-state index in [-0.39, 0.29) is 17.5 Å². The third-order valence-electron chi connectivity index (χ3n) is 5.12. The maximum atomic E-state index is 13.0. The molecule has 0 radical (unpaired) electrons. The summed E-state index contributed by atoms with van der Waals surface area (Å²) in [6, 6.07) is 11.7. The number of piperazine rings is 1. The van der Waals surface area contributed by atoms with Crippen molar-refractivity contribution in [2.45, 2.75) is 13.2 Å². The number of halogens is 2. The van der Waals surface area contributed by atoms with Gasteiger partial charge < -0.3 is 10.1 Å². The van der Waals surface area contributed by atoms with E-state index in [1.807, 2.05) is 5.38 Å². The zero-order valence-corrected chi connectivity index (χ0v) is 18.3. The lowest BCUT2D eigenvalue weighted by Crippen LogP contribution is -2.48. The van der Waals surface area contributed by atoms with Crippen LogP contribution in [0.5, 0.6) is 5.75 Å². The molecule has 1 amide bonds. The molecule has 0 atom stereocenters. The van der Waals surface area contributed by atoms with Crippen molar-refractivity contribution in [1.29, 1.82) is 0 Å². The second kappa shape index (κ2) is 10.6. The van der Waals surface area contributed by atoms with Gasteiger partial charge in [0.25, 0.3) is 0 Å². The largest absolute Gasteiger partial charge is 0.486 e. The van der Waals surface area contributed by atoms with Crippen LogP contribution in [-0.2, 0) is 17.9 Å². The average Bonchev–Trinajstić information content (AvgIpc) is 3.23. The first-order valence-corrected chi connectivity index (χ1v) is 11.2. The second-order valence-electron chi connectivity index (χ2n) is 7.58. The van der Waals surface area contributed by atoms with Gasteiger partial charge in [-0.05, 0) is 48.5 Å². The average molecular weight is 459 g/mol. The number of aromatic nitrogens is 1. The molecule has 1 aliphatic heterocycles. The number of anilines is 1. The number of ether oxygens (including phenoxy) is 1. The molecule has 0 aliphatic carbocycles. The molecule has 1 saturated heterocycles. The molecule has 168 valence electrons. The second-order valence-corrected chi connectivity index (χ2v) is 8.53. The maximum absolute atomic E-state index is 13.0. The molecule has 1 aliphatic rings. The van der Waals surface area contributed by atoms with Gasteiger partial charge in [0.15, 0.2) is 0 Å². The van der Waals surface area contributed by atoms with Crippen LogP contribution in [0.2, 0.25) is 0 Å². The number of benzene rings is 2. The van der Waals surface area contributed by atoms with Crippen LogP contribution in [0.15, 0.2) is 53.9 Å². The lowest BCUT2D eigenvalue weighted by Gasteiger charge is -2.33. The Hall–Kier alpha value is -2.88. The van der Waals surface area contributed by atoms with E-state index in [0.29, 0.717) is 24.6 Å². The van der Waals surface area contributed by atoms with E-state index in [0.717, 1.165) is 43.4 Å². The number of thiazole rings is 1. The molecule has 9 heteroatoms. The van der Waals surface area contributed by atoms with Gasteiger partial charge >= 0.3 is 0 Å². The fourth-order valence-electron chi connectivity index (χ4n) is 3.44. The fourth-order valence-corrected chi connectivity index (χ4v) is 4.13. The van der Waals surface area contributed by atoms with Crippen molar-refractivity contribution < 1.29 is 18.3 Å². The molecule has 6 nitrogen and oxygen atoms in total. The summed E-state index contributed by atoms with van der Waals surface area (Å²) in [5.74, 6) is -0.104. The predicted molar refractivity (Wildman–Crippen MR) is 120 cm³/mol. The van der Waals surface area contributed by atoms with Gasteiger partial charge in [-0.25, -0.2) is 13.8 Å². The summed E-state index contributed by atoms with van der Waals surface area (Å²) in [6.07, 6.45) is 0. The van der Waals surface area contributed by atoms with Crippen molar-refractivity contribution in [2.75, 3.05) is 38.0 Å². The Bertz CT molecular complexity index is 1020. The zero-order valence-electron chi connectivity index (χ0n) is 17.5. The molecule has 0 saturated carbocycles. The van der Waals surface area contributed by atoms with Crippen LogP contribution in [0.25, 0.3) is 0 Å². The van der Waals surface area contributed by atoms with Crippen molar-refractivity contribution in [3.8, 4) is 5.75 Å². The summed E-state index contributed by atoms with van der Waals surface area (Å²) in [6.45, 7) is 4.71. The molecule has 2 heterocycles. The summed E-state index contributed by atoms with van der Waals surface area (Å²) in [5, 5.41) is 5.71. The minimum Gasteiger partial charge on any atom is -0.486 e. The smallest absolute Gasteiger partial charge is 0.238 e. The van der Waals surface area contributed by atoms with Crippen LogP contribution >= 0.6 is 11.3 Å². The highest BCUT2D eigenvalue weighted by molar-refractivity contribution is 7.09. The number of hydrogen-bond acceptors (Lipinski definition) is 6. The predicted octanol–water partition coefficient (Wildman–Crippen LogP) is 3.76. The summed E-state index contributed by atoms with van der Waals surface area (Å²) in [4.78, 5) is 21.3. The molecule has 1 aromatic heterocycles. The van der Waals surface area contributed by atoms with E-state index in [1.54, 1.807) is 35.6 Å². The van der Waals surface area contributed by atoms with Gasteiger partial charge in [0, 0.05) is 43.8 Å². The van der Waals surface area contributed by atoms with Crippen LogP contribution in [0.1, 0.15) is 10.7 Å². The van der Waals surface area contributed by atoms with Gasteiger partial charge in [0.05, 0.1) is 12.2 Å². The van der Waals surface area contributed by atoms with Crippen molar-refractivity contribution in [1.82, 2.24) is 14.8 Å². The van der Waals surface area contributed by atoms with E-state index in [9.17, 15) is 13.6 Å². The van der Waals surface area contributed by atoms with Gasteiger partial charge in [-0.1, -0.05) is 0 Å². The van der Waals surface area contributed by atoms with Crippen molar-refractivity contribution >= 4 is 22.9 Å². The fraction of sp³-hybridized carbons (Fsp3) is 0.304. The lowest BCUT2D eigenvalue weighted by atomic mass is 10.3. The third kappa shape index (κ3) is 6.56. The Morgan fingerprint density at radius 3 is 2.28 bits per heavy atom. The van der Waals surface area contributed by atoms with Crippen molar-refractivity contribution in [3.05, 3.63) is 76.2 Å². The number of carbonyl (C=O) groups is 1. The Labute approximate surface area is 189 Å². The number of amides is 1. The van der Waals surface area contributed by atoms with E-state index in [4.69, 9.17) is 4.74 Å². The van der Waals surface area contributed by atoms with Gasteiger partial charge in [0.2, 0.25) is 5.91 Å². The minimum absolute atomic E-state index is 0.102. The quantitative estimate of drug-likeness (QED) is 0.557. The summed E-state index contributed by atoms with van der Waals surface area (Å²) in [5.41, 5.74) is 1.59. The molecular weight excluding hydrogens is 434 g/mol. The molecular formula is C23H24F2N4O2S. The normalized spacial score (nSPS) is 14.9. The molecule has 2 aromatic carbocycles. The third-order valence-corrected chi connectivity index (χ3v) is 5.99. The number of rotatable bonds is 8. The Balaban J connectivity index is 1.17. The van der Waals surface area contributed by atoms with Crippen LogP contribution in [0.4, 0.5) is 14.5 Å². The highest BCUT2D eigenvalue weighted by Gasteiger charge is 2.20. The van der Waals surface area contributed by atoms with E-state index in [1.165, 1.54) is 24.3 Å². The van der Waals surface area contributed by atoms with Crippen LogP contribution in [0, 0.1) is 11.6 Å². The first-order chi connectivity index (χ1) is 15.5. The zero-order chi connectivity index (χ0) is 22.3. The van der Waals surface area contributed by atoms with Crippen LogP contribution < -0.4 is 10.1 Å². The van der Waals surface area contributed by atoms with E-state index in [2.05, 4.69) is 20.1 Å². The monoisotopic (exact) mass is 458 g/mol. The molecule has 0 unspecified atom stereocenters. The molecule has 4 rings (SSSR count). The number of carbonyl (C=O) groups excluding carboxylic acids is 1. The molecule has 32 heavy (non-hydrogen) atoms. The Morgan fingerprint density at radius 2 is 1.59 bits per heavy atom. The van der Waals surface area contributed by atoms with Crippen LogP contribution in [0.3, 0.4) is 0 Å². The van der Waals surface area contributed by atoms with Crippen LogP contribution in [-0.4, -0.2) is 53.4 Å². The van der Waals surface area contributed by atoms with Gasteiger partial charge in [-0.3, -0.25) is 14.6 Å². The molecule has 1 N–H and O–H groups in total. The number of hydrogen-bond donors (Lipinski definition) is 1. The summed E-state index contributed by atoms with van der Waals surface area (Å²) >= 11 is 1.55. The summed E-state index contributed by atoms with van der Waals surface area (Å²) < 4.78 is 31.6. The first-order valence-electron chi connectivity index (χ1n) is 10.4. The molecule has 0 bridgehead atoms. The number of nitrogens with zero attached hydrogens (tertiary/aromatic N) is 3. The summed E-state index contributed by atoms with van der Waals surface area (Å²) in [7, 11) is 0. The maximum Gasteiger partial charge on any atom is 0.238 e. The highest BCUT2D eigenvalue weighted by Crippen LogP contribution is 2.17. The first kappa shape index (κ1) is 22.3. The standard InChI is InChI=1S/C23H24F2N4O2S/c24-17-1-5-19(6-2-17)26-22(30)14-29-11-9-28(10-12-29)13-20-16-32-23(27-20)15-31-21-7-3-18(25)4-8-21/h1-8,16H,9-15H2,(H,26,30). The Kier molecular flexibility index (Phi) is 7.41. The minimum atomic E-state index is -0.327. The lowest BCUT2D eigenvalue weighted by molar-refractivity contribution is -0.117. The SMILES string of the molecule is O=C(CN1CCN(Cc2csc(COc3ccc(F)cc3)n2)CC1)Nc1ccc(F)cc1. The molecule has 0 spiro atoms. The van der Waals surface area contributed by atoms with Gasteiger partial charge in [0.1, 0.15) is 29.0 Å². The topological polar surface area (TPSA) is 57.7 Å². The Morgan fingerprint density at radius 1 is 0.969 bits per heavy atom. The van der Waals surface area contributed by atoms with Crippen molar-refractivity contribution in [2.24, 2.45) is 0 Å². The van der Waals surface area contributed by atoms with E-state index >= 15 is 0 Å². The van der Waals surface area contributed by atoms with E-state index < -0.39 is 0 Å². The molecule has 3 aromatic rings. The van der Waals surface area contributed by atoms with Gasteiger partial charge in [-0.2, -0.15) is 0 Å². The molecule has 1 fully saturated rings. The van der Waals surface area contributed by atoms with Gasteiger partial charge in [-0.15, -0.1) is 11.3 Å². The number of nitrogens with one attached hydrogen (secondary N) is 1. The van der Waals surface area contributed by atoms with Crippen molar-refractivity contribution in [3.63, 3.8) is 0 Å². The highest BCUT2D eigenvalue weighted by atomic mass is 32.1.